The predicted octanol–water partition coefficient (Wildman–Crippen LogP) is 4.47. The monoisotopic (exact) mass is 507 g/mol. The first-order valence-corrected chi connectivity index (χ1v) is 12.4. The minimum atomic E-state index is -0.972. The molecule has 1 saturated carbocycles. The molecule has 0 atom stereocenters. The second kappa shape index (κ2) is 9.44. The molecule has 10 heteroatoms. The Kier molecular flexibility index (Phi) is 6.31. The van der Waals surface area contributed by atoms with Crippen LogP contribution in [-0.2, 0) is 0 Å². The van der Waals surface area contributed by atoms with E-state index in [0.717, 1.165) is 12.8 Å². The molecule has 1 aliphatic carbocycles. The Labute approximate surface area is 211 Å². The Morgan fingerprint density at radius 1 is 1.22 bits per heavy atom. The number of anilines is 1. The van der Waals surface area contributed by atoms with Gasteiger partial charge in [-0.3, -0.25) is 4.79 Å². The molecule has 0 unspecified atom stereocenters. The summed E-state index contributed by atoms with van der Waals surface area (Å²) in [4.78, 5) is 17.6. The third kappa shape index (κ3) is 5.44. The molecule has 5 rings (SSSR count). The number of carbonyl (C=O) groups excluding carboxylic acids is 1. The van der Waals surface area contributed by atoms with Gasteiger partial charge in [0, 0.05) is 28.6 Å². The lowest BCUT2D eigenvalue weighted by molar-refractivity contribution is 0.0940. The normalized spacial score (nSPS) is 13.7. The van der Waals surface area contributed by atoms with Crippen LogP contribution in [0.4, 0.5) is 10.1 Å². The van der Waals surface area contributed by atoms with Crippen molar-refractivity contribution in [1.82, 2.24) is 19.9 Å². The van der Waals surface area contributed by atoms with Crippen LogP contribution in [-0.4, -0.2) is 48.9 Å². The number of fused-ring (bicyclic) bond motifs is 1. The van der Waals surface area contributed by atoms with Gasteiger partial charge in [0.25, 0.3) is 5.91 Å². The fraction of sp³-hybridized carbons (Fsp3) is 0.269. The molecule has 2 heterocycles. The van der Waals surface area contributed by atoms with E-state index in [1.54, 1.807) is 54.9 Å². The highest BCUT2D eigenvalue weighted by Gasteiger charge is 2.24. The topological polar surface area (TPSA) is 112 Å². The number of halogens is 1. The van der Waals surface area contributed by atoms with E-state index in [1.165, 1.54) is 30.0 Å². The minimum absolute atomic E-state index is 0.0729. The van der Waals surface area contributed by atoms with Gasteiger partial charge in [-0.1, -0.05) is 17.8 Å². The standard InChI is InChI=1S/C26H26FN5O3S/c1-26(2,35)14-29-20-12-23(36-18-5-3-4-16(27)11-18)31-32-21(13-28-24(20)32)19-9-6-15(10-22(19)33)25(34)30-17-7-8-17/h3-6,9-13,17,29,33,35H,7-8,14H2,1-2H3,(H,30,34). The number of phenols is 1. The maximum absolute atomic E-state index is 13.8. The number of nitrogens with zero attached hydrogens (tertiary/aromatic N) is 3. The zero-order chi connectivity index (χ0) is 25.4. The summed E-state index contributed by atoms with van der Waals surface area (Å²) in [5.74, 6) is -0.640. The van der Waals surface area contributed by atoms with Crippen LogP contribution in [0.3, 0.4) is 0 Å². The smallest absolute Gasteiger partial charge is 0.251 e. The van der Waals surface area contributed by atoms with Gasteiger partial charge in [-0.05, 0) is 69.2 Å². The van der Waals surface area contributed by atoms with E-state index >= 15 is 0 Å². The van der Waals surface area contributed by atoms with E-state index in [1.807, 2.05) is 0 Å². The minimum Gasteiger partial charge on any atom is -0.507 e. The molecule has 4 N–H and O–H groups in total. The van der Waals surface area contributed by atoms with Gasteiger partial charge in [-0.25, -0.2) is 13.9 Å². The first-order chi connectivity index (χ1) is 17.2. The zero-order valence-electron chi connectivity index (χ0n) is 19.8. The van der Waals surface area contributed by atoms with Gasteiger partial charge in [-0.15, -0.1) is 0 Å². The highest BCUT2D eigenvalue weighted by Crippen LogP contribution is 2.35. The van der Waals surface area contributed by atoms with E-state index in [2.05, 4.69) is 20.7 Å². The largest absolute Gasteiger partial charge is 0.507 e. The van der Waals surface area contributed by atoms with Gasteiger partial charge in [0.1, 0.15) is 16.6 Å². The summed E-state index contributed by atoms with van der Waals surface area (Å²) in [6.07, 6.45) is 3.54. The molecule has 0 spiro atoms. The Balaban J connectivity index is 1.54. The van der Waals surface area contributed by atoms with Gasteiger partial charge in [0.05, 0.1) is 23.2 Å². The van der Waals surface area contributed by atoms with Crippen molar-refractivity contribution >= 4 is 29.0 Å². The van der Waals surface area contributed by atoms with Crippen molar-refractivity contribution in [1.29, 1.82) is 0 Å². The van der Waals surface area contributed by atoms with E-state index in [0.29, 0.717) is 38.1 Å². The fourth-order valence-corrected chi connectivity index (χ4v) is 4.52. The van der Waals surface area contributed by atoms with Crippen LogP contribution in [0.2, 0.25) is 0 Å². The summed E-state index contributed by atoms with van der Waals surface area (Å²) < 4.78 is 15.3. The molecule has 0 bridgehead atoms. The summed E-state index contributed by atoms with van der Waals surface area (Å²) in [6, 6.07) is 13.0. The second-order valence-corrected chi connectivity index (χ2v) is 10.6. The Bertz CT molecular complexity index is 1450. The Morgan fingerprint density at radius 3 is 2.72 bits per heavy atom. The highest BCUT2D eigenvalue weighted by atomic mass is 32.2. The molecule has 4 aromatic rings. The van der Waals surface area contributed by atoms with Crippen molar-refractivity contribution in [3.05, 3.63) is 66.1 Å². The van der Waals surface area contributed by atoms with E-state index in [4.69, 9.17) is 0 Å². The van der Waals surface area contributed by atoms with Gasteiger partial charge >= 0.3 is 0 Å². The molecule has 1 fully saturated rings. The lowest BCUT2D eigenvalue weighted by Gasteiger charge is -2.19. The number of rotatable bonds is 8. The van der Waals surface area contributed by atoms with Crippen LogP contribution in [0.5, 0.6) is 5.75 Å². The number of amides is 1. The second-order valence-electron chi connectivity index (χ2n) is 9.48. The van der Waals surface area contributed by atoms with Crippen molar-refractivity contribution in [3.8, 4) is 17.0 Å². The number of nitrogens with one attached hydrogen (secondary N) is 2. The van der Waals surface area contributed by atoms with Crippen molar-refractivity contribution in [3.63, 3.8) is 0 Å². The van der Waals surface area contributed by atoms with Gasteiger partial charge in [0.2, 0.25) is 0 Å². The number of hydrogen-bond donors (Lipinski definition) is 4. The molecule has 1 amide bonds. The molecule has 0 saturated heterocycles. The van der Waals surface area contributed by atoms with Crippen LogP contribution in [0.25, 0.3) is 16.9 Å². The van der Waals surface area contributed by atoms with Crippen molar-refractivity contribution < 1.29 is 19.4 Å². The average molecular weight is 508 g/mol. The van der Waals surface area contributed by atoms with Crippen LogP contribution >= 0.6 is 11.8 Å². The number of phenolic OH excluding ortho intramolecular Hbond substituents is 1. The van der Waals surface area contributed by atoms with Crippen LogP contribution in [0.15, 0.2) is 64.6 Å². The molecular weight excluding hydrogens is 481 g/mol. The van der Waals surface area contributed by atoms with Gasteiger partial charge in [-0.2, -0.15) is 5.10 Å². The number of hydrogen-bond acceptors (Lipinski definition) is 7. The first-order valence-electron chi connectivity index (χ1n) is 11.6. The first kappa shape index (κ1) is 24.1. The number of benzene rings is 2. The number of imidazole rings is 1. The molecule has 8 nitrogen and oxygen atoms in total. The van der Waals surface area contributed by atoms with E-state index in [9.17, 15) is 19.4 Å². The molecule has 36 heavy (non-hydrogen) atoms. The van der Waals surface area contributed by atoms with E-state index < -0.39 is 5.60 Å². The van der Waals surface area contributed by atoms with Crippen molar-refractivity contribution in [2.75, 3.05) is 11.9 Å². The van der Waals surface area contributed by atoms with E-state index in [-0.39, 0.29) is 30.1 Å². The van der Waals surface area contributed by atoms with Crippen molar-refractivity contribution in [2.45, 2.75) is 48.3 Å². The molecule has 1 aliphatic rings. The predicted molar refractivity (Wildman–Crippen MR) is 136 cm³/mol. The Morgan fingerprint density at radius 2 is 2.03 bits per heavy atom. The summed E-state index contributed by atoms with van der Waals surface area (Å²) >= 11 is 1.28. The number of aromatic nitrogens is 3. The Hall–Kier alpha value is -3.63. The summed E-state index contributed by atoms with van der Waals surface area (Å²) in [5, 5.41) is 32.4. The maximum atomic E-state index is 13.8. The van der Waals surface area contributed by atoms with Crippen LogP contribution in [0.1, 0.15) is 37.0 Å². The molecule has 0 radical (unpaired) electrons. The highest BCUT2D eigenvalue weighted by molar-refractivity contribution is 7.99. The summed E-state index contributed by atoms with van der Waals surface area (Å²) in [5.41, 5.74) is 1.49. The van der Waals surface area contributed by atoms with Crippen LogP contribution in [0, 0.1) is 5.82 Å². The van der Waals surface area contributed by atoms with Gasteiger partial charge in [0.15, 0.2) is 5.65 Å². The summed E-state index contributed by atoms with van der Waals surface area (Å²) in [7, 11) is 0. The molecule has 2 aromatic heterocycles. The van der Waals surface area contributed by atoms with Gasteiger partial charge < -0.3 is 20.8 Å². The van der Waals surface area contributed by atoms with Crippen molar-refractivity contribution in [2.24, 2.45) is 0 Å². The molecule has 186 valence electrons. The number of aromatic hydroxyl groups is 1. The van der Waals surface area contributed by atoms with Crippen LogP contribution < -0.4 is 10.6 Å². The fourth-order valence-electron chi connectivity index (χ4n) is 3.66. The molecular formula is C26H26FN5O3S. The average Bonchev–Trinajstić information content (AvgIpc) is 3.53. The molecule has 2 aromatic carbocycles. The number of carbonyl (C=O) groups is 1. The lowest BCUT2D eigenvalue weighted by atomic mass is 10.1. The quantitative estimate of drug-likeness (QED) is 0.278. The SMILES string of the molecule is CC(C)(O)CNc1cc(Sc2cccc(F)c2)nn2c(-c3ccc(C(=O)NC4CC4)cc3O)cnc12. The third-order valence-electron chi connectivity index (χ3n) is 5.62. The molecule has 0 aliphatic heterocycles. The lowest BCUT2D eigenvalue weighted by Crippen LogP contribution is -2.29. The maximum Gasteiger partial charge on any atom is 0.251 e. The summed E-state index contributed by atoms with van der Waals surface area (Å²) in [6.45, 7) is 3.64. The zero-order valence-corrected chi connectivity index (χ0v) is 20.6. The third-order valence-corrected chi connectivity index (χ3v) is 6.52. The number of aliphatic hydroxyl groups is 1.